The summed E-state index contributed by atoms with van der Waals surface area (Å²) in [7, 11) is 0. The number of anilines is 7. The van der Waals surface area contributed by atoms with Crippen LogP contribution in [-0.2, 0) is 34.7 Å². The number of aromatic nitrogens is 3. The summed E-state index contributed by atoms with van der Waals surface area (Å²) >= 11 is 0. The summed E-state index contributed by atoms with van der Waals surface area (Å²) in [5.74, 6) is 0. The van der Waals surface area contributed by atoms with Crippen molar-refractivity contribution < 1.29 is 0 Å². The van der Waals surface area contributed by atoms with Gasteiger partial charge in [0.15, 0.2) is 0 Å². The van der Waals surface area contributed by atoms with Gasteiger partial charge in [-0.3, -0.25) is 0 Å². The summed E-state index contributed by atoms with van der Waals surface area (Å²) in [5.41, 5.74) is 38.4. The molecule has 0 radical (unpaired) electrons. The molecule has 22 rings (SSSR count). The summed E-state index contributed by atoms with van der Waals surface area (Å²) < 4.78 is 7.56. The zero-order chi connectivity index (χ0) is 86.5. The van der Waals surface area contributed by atoms with Crippen LogP contribution in [0.5, 0.6) is 0 Å². The van der Waals surface area contributed by atoms with E-state index in [-0.39, 0.29) is 28.4 Å². The zero-order valence-corrected chi connectivity index (χ0v) is 74.5. The molecule has 0 atom stereocenters. The van der Waals surface area contributed by atoms with Gasteiger partial charge in [0.1, 0.15) is 0 Å². The van der Waals surface area contributed by atoms with Crippen molar-refractivity contribution in [3.05, 3.63) is 416 Å². The average molecular weight is 1640 g/mol. The minimum atomic E-state index is -0.261. The number of fused-ring (bicyclic) bond motifs is 13. The maximum Gasteiger partial charge on any atom is 0.252 e. The lowest BCUT2D eigenvalue weighted by molar-refractivity contribution is 0.590. The Morgan fingerprint density at radius 1 is 0.236 bits per heavy atom. The highest BCUT2D eigenvalue weighted by Crippen LogP contribution is 2.50. The van der Waals surface area contributed by atoms with Gasteiger partial charge in [0.05, 0.1) is 33.1 Å². The van der Waals surface area contributed by atoms with Crippen molar-refractivity contribution in [1.82, 2.24) is 13.7 Å². The molecule has 6 nitrogen and oxygen atoms in total. The van der Waals surface area contributed by atoms with E-state index in [4.69, 9.17) is 0 Å². The van der Waals surface area contributed by atoms with Gasteiger partial charge in [0.25, 0.3) is 6.71 Å². The van der Waals surface area contributed by atoms with Gasteiger partial charge in [-0.2, -0.15) is 0 Å². The van der Waals surface area contributed by atoms with Crippen LogP contribution >= 0.6 is 0 Å². The van der Waals surface area contributed by atoms with Crippen LogP contribution in [-0.4, -0.2) is 20.4 Å². The molecule has 0 bridgehead atoms. The molecule has 0 fully saturated rings. The Balaban J connectivity index is 0.849. The standard InChI is InChI=1S/C120H103BN6/c1-117(2,3)88-46-58-108-100(70-88)101-71-89(118(4,5)6)47-59-109(101)125(108)95-54-56-104-112(74-95)123(77-78-62-84(80-32-18-13-19-33-80)66-85(63-78)81-34-20-14-21-35-81)114-64-79(76-122(92-40-26-17-27-41-92)93-50-52-94(53-51-93)124-106-44-30-28-42-98(106)99-43-29-31-45-107(99)124)65-115-116(114)121(104)105-57-55-96(126-110-60-48-90(119(7,8)9)72-102(110)103-73-91(120(10,11)12)49-61-111(103)126)75-113(105)127(115)97-68-86(82-36-22-15-23-37-82)67-87(69-97)83-38-24-16-25-39-83/h13-75H,76-77H2,1-12H3. The molecule has 0 unspecified atom stereocenters. The molecule has 3 aromatic heterocycles. The van der Waals surface area contributed by atoms with E-state index in [1.807, 2.05) is 0 Å². The molecule has 0 saturated heterocycles. The molecule has 0 amide bonds. The highest BCUT2D eigenvalue weighted by atomic mass is 15.2. The van der Waals surface area contributed by atoms with Gasteiger partial charge in [0, 0.05) is 102 Å². The Morgan fingerprint density at radius 2 is 0.575 bits per heavy atom. The van der Waals surface area contributed by atoms with Gasteiger partial charge in [-0.05, 0) is 286 Å². The topological polar surface area (TPSA) is 24.5 Å². The average Bonchev–Trinajstić information content (AvgIpc) is 0.787. The fourth-order valence-electron chi connectivity index (χ4n) is 20.4. The van der Waals surface area contributed by atoms with Gasteiger partial charge in [-0.1, -0.05) is 295 Å². The fraction of sp³-hybridized carbons (Fsp3) is 0.150. The summed E-state index contributed by atoms with van der Waals surface area (Å²) in [6.07, 6.45) is 0. The monoisotopic (exact) mass is 1640 g/mol. The second-order valence-electron chi connectivity index (χ2n) is 39.4. The van der Waals surface area contributed by atoms with E-state index < -0.39 is 0 Å². The highest BCUT2D eigenvalue weighted by molar-refractivity contribution is 7.00. The molecule has 20 aromatic rings. The summed E-state index contributed by atoms with van der Waals surface area (Å²) in [6.45, 7) is 28.9. The van der Waals surface area contributed by atoms with Crippen LogP contribution < -0.4 is 31.1 Å². The Labute approximate surface area is 746 Å². The minimum Gasteiger partial charge on any atom is -0.338 e. The molecule has 127 heavy (non-hydrogen) atoms. The van der Waals surface area contributed by atoms with Crippen LogP contribution in [0.2, 0.25) is 0 Å². The zero-order valence-electron chi connectivity index (χ0n) is 74.5. The van der Waals surface area contributed by atoms with Crippen molar-refractivity contribution in [3.8, 4) is 61.6 Å². The summed E-state index contributed by atoms with van der Waals surface area (Å²) in [5, 5.41) is 7.51. The van der Waals surface area contributed by atoms with Crippen molar-refractivity contribution in [2.75, 3.05) is 14.7 Å². The normalized spacial score (nSPS) is 12.9. The molecule has 5 heterocycles. The molecule has 0 aliphatic carbocycles. The number of nitrogens with zero attached hydrogens (tertiary/aromatic N) is 6. The maximum absolute atomic E-state index is 2.73. The molecule has 0 saturated carbocycles. The predicted molar refractivity (Wildman–Crippen MR) is 543 cm³/mol. The van der Waals surface area contributed by atoms with Gasteiger partial charge in [0.2, 0.25) is 0 Å². The molecular formula is C120H103BN6. The Morgan fingerprint density at radius 3 is 0.992 bits per heavy atom. The Hall–Kier alpha value is -14.4. The quantitative estimate of drug-likeness (QED) is 0.101. The molecule has 7 heteroatoms. The number of hydrogen-bond acceptors (Lipinski definition) is 3. The van der Waals surface area contributed by atoms with E-state index in [9.17, 15) is 0 Å². The van der Waals surface area contributed by atoms with E-state index in [1.165, 1.54) is 132 Å². The van der Waals surface area contributed by atoms with Gasteiger partial charge in [-0.15, -0.1) is 0 Å². The first-order valence-electron chi connectivity index (χ1n) is 45.1. The summed E-state index contributed by atoms with van der Waals surface area (Å²) in [6, 6.07) is 146. The molecular weight excluding hydrogens is 1540 g/mol. The number of para-hydroxylation sites is 3. The number of benzene rings is 17. The Kier molecular flexibility index (Phi) is 18.7. The predicted octanol–water partition coefficient (Wildman–Crippen LogP) is 30.1. The van der Waals surface area contributed by atoms with Crippen LogP contribution in [0.3, 0.4) is 0 Å². The number of rotatable bonds is 14. The maximum atomic E-state index is 2.73. The molecule has 616 valence electrons. The van der Waals surface area contributed by atoms with Crippen molar-refractivity contribution >= 4 is 128 Å². The smallest absolute Gasteiger partial charge is 0.252 e. The van der Waals surface area contributed by atoms with Gasteiger partial charge < -0.3 is 28.4 Å². The molecule has 2 aliphatic rings. The lowest BCUT2D eigenvalue weighted by atomic mass is 9.33. The first kappa shape index (κ1) is 78.6. The second-order valence-corrected chi connectivity index (χ2v) is 39.4. The number of hydrogen-bond donors (Lipinski definition) is 0. The van der Waals surface area contributed by atoms with Crippen LogP contribution in [0, 0.1) is 0 Å². The SMILES string of the molecule is CC(C)(C)c1ccc2c(c1)c1cc(C(C)(C)C)ccc1n2-c1ccc2c(c1)N(Cc1cc(-c3ccccc3)cc(-c3ccccc3)c1)c1cc(CN(c3ccccc3)c3ccc(-n4c5ccccc5c5ccccc54)cc3)cc3c1B2c1ccc(-n2c4ccc(C(C)(C)C)cc4c4cc(C(C)(C)C)ccc42)cc1N3c1cc(-c2ccccc2)cc(-c2ccccc2)c1. The van der Waals surface area contributed by atoms with E-state index in [1.54, 1.807) is 0 Å². The molecule has 0 N–H and O–H groups in total. The minimum absolute atomic E-state index is 0.0751. The Bertz CT molecular complexity index is 7410. The van der Waals surface area contributed by atoms with Crippen LogP contribution in [0.1, 0.15) is 116 Å². The van der Waals surface area contributed by atoms with Crippen LogP contribution in [0.4, 0.5) is 39.8 Å². The van der Waals surface area contributed by atoms with E-state index in [2.05, 4.69) is 494 Å². The second kappa shape index (κ2) is 30.2. The van der Waals surface area contributed by atoms with E-state index in [0.29, 0.717) is 13.1 Å². The first-order valence-corrected chi connectivity index (χ1v) is 45.1. The lowest BCUT2D eigenvalue weighted by Gasteiger charge is -2.45. The first-order chi connectivity index (χ1) is 61.5. The van der Waals surface area contributed by atoms with Crippen LogP contribution in [0.15, 0.2) is 382 Å². The van der Waals surface area contributed by atoms with Gasteiger partial charge in [-0.25, -0.2) is 0 Å². The van der Waals surface area contributed by atoms with Crippen molar-refractivity contribution in [3.63, 3.8) is 0 Å². The van der Waals surface area contributed by atoms with Crippen molar-refractivity contribution in [2.45, 2.75) is 118 Å². The lowest BCUT2D eigenvalue weighted by Crippen LogP contribution is -2.62. The van der Waals surface area contributed by atoms with Gasteiger partial charge >= 0.3 is 0 Å². The van der Waals surface area contributed by atoms with Crippen LogP contribution in [0.25, 0.3) is 127 Å². The van der Waals surface area contributed by atoms with E-state index in [0.717, 1.165) is 84.7 Å². The summed E-state index contributed by atoms with van der Waals surface area (Å²) in [4.78, 5) is 7.95. The van der Waals surface area contributed by atoms with Crippen molar-refractivity contribution in [2.24, 2.45) is 0 Å². The fourth-order valence-corrected chi connectivity index (χ4v) is 20.4. The third-order valence-corrected chi connectivity index (χ3v) is 27.1. The third kappa shape index (κ3) is 13.8. The third-order valence-electron chi connectivity index (χ3n) is 27.1. The molecule has 2 aliphatic heterocycles. The van der Waals surface area contributed by atoms with Crippen molar-refractivity contribution in [1.29, 1.82) is 0 Å². The largest absolute Gasteiger partial charge is 0.338 e. The highest BCUT2D eigenvalue weighted by Gasteiger charge is 2.45. The molecule has 17 aromatic carbocycles. The van der Waals surface area contributed by atoms with E-state index >= 15 is 0 Å². The molecule has 0 spiro atoms.